The van der Waals surface area contributed by atoms with Gasteiger partial charge in [0.2, 0.25) is 0 Å². The molecule has 0 amide bonds. The number of carbonyl (C=O) groups is 1. The van der Waals surface area contributed by atoms with Gasteiger partial charge in [-0.05, 0) is 12.1 Å². The largest absolute Gasteiger partial charge is 0.395 e. The second kappa shape index (κ2) is 5.17. The van der Waals surface area contributed by atoms with Crippen LogP contribution in [0.2, 0.25) is 0 Å². The molecule has 6 nitrogen and oxygen atoms in total. The van der Waals surface area contributed by atoms with Gasteiger partial charge in [-0.1, -0.05) is 6.07 Å². The maximum atomic E-state index is 13.3. The third-order valence-corrected chi connectivity index (χ3v) is 4.67. The van der Waals surface area contributed by atoms with Crippen LogP contribution in [0.4, 0.5) is 15.2 Å². The fourth-order valence-electron chi connectivity index (χ4n) is 1.40. The zero-order valence-corrected chi connectivity index (χ0v) is 11.9. The van der Waals surface area contributed by atoms with Crippen molar-refractivity contribution in [3.8, 4) is 0 Å². The fourth-order valence-corrected chi connectivity index (χ4v) is 3.55. The summed E-state index contributed by atoms with van der Waals surface area (Å²) in [5.74, 6) is -1.10. The van der Waals surface area contributed by atoms with Crippen LogP contribution in [0.5, 0.6) is 0 Å². The highest BCUT2D eigenvalue weighted by atomic mass is 32.2. The monoisotopic (exact) mass is 315 g/mol. The van der Waals surface area contributed by atoms with Gasteiger partial charge >= 0.3 is 0 Å². The van der Waals surface area contributed by atoms with Gasteiger partial charge < -0.3 is 5.73 Å². The van der Waals surface area contributed by atoms with Gasteiger partial charge in [-0.3, -0.25) is 9.52 Å². The molecule has 0 saturated heterocycles. The summed E-state index contributed by atoms with van der Waals surface area (Å²) >= 11 is 0.953. The van der Waals surface area contributed by atoms with Crippen LogP contribution < -0.4 is 10.5 Å². The van der Waals surface area contributed by atoms with Gasteiger partial charge in [0.1, 0.15) is 16.4 Å². The summed E-state index contributed by atoms with van der Waals surface area (Å²) in [4.78, 5) is 14.5. The van der Waals surface area contributed by atoms with E-state index >= 15 is 0 Å². The lowest BCUT2D eigenvalue weighted by atomic mass is 10.3. The lowest BCUT2D eigenvalue weighted by molar-refractivity contribution is 0.101. The van der Waals surface area contributed by atoms with Crippen molar-refractivity contribution < 1.29 is 17.6 Å². The standard InChI is InChI=1S/C11H10FN3O3S2/c1-6(16)8-5-19-11(14-8)15-20(17,18)9-4-2-3-7(12)10(9)13/h2-5H,13H2,1H3,(H,14,15). The molecule has 1 heterocycles. The molecule has 0 aliphatic rings. The molecule has 0 spiro atoms. The van der Waals surface area contributed by atoms with Crippen molar-refractivity contribution in [2.45, 2.75) is 11.8 Å². The number of thiazole rings is 1. The molecule has 20 heavy (non-hydrogen) atoms. The molecular weight excluding hydrogens is 305 g/mol. The summed E-state index contributed by atoms with van der Waals surface area (Å²) in [6.45, 7) is 1.32. The summed E-state index contributed by atoms with van der Waals surface area (Å²) in [7, 11) is -4.06. The van der Waals surface area contributed by atoms with Crippen molar-refractivity contribution in [3.05, 3.63) is 35.1 Å². The van der Waals surface area contributed by atoms with E-state index in [9.17, 15) is 17.6 Å². The third-order valence-electron chi connectivity index (χ3n) is 2.39. The number of carbonyl (C=O) groups excluding carboxylic acids is 1. The minimum Gasteiger partial charge on any atom is -0.395 e. The quantitative estimate of drug-likeness (QED) is 0.662. The average molecular weight is 315 g/mol. The Bertz CT molecular complexity index is 771. The van der Waals surface area contributed by atoms with Crippen molar-refractivity contribution in [2.75, 3.05) is 10.5 Å². The maximum Gasteiger partial charge on any atom is 0.265 e. The van der Waals surface area contributed by atoms with Gasteiger partial charge in [0.15, 0.2) is 10.9 Å². The molecule has 0 unspecified atom stereocenters. The summed E-state index contributed by atoms with van der Waals surface area (Å²) in [6, 6.07) is 3.48. The third kappa shape index (κ3) is 2.78. The molecule has 3 N–H and O–H groups in total. The lowest BCUT2D eigenvalue weighted by Crippen LogP contribution is -2.15. The number of anilines is 2. The number of hydrogen-bond acceptors (Lipinski definition) is 6. The zero-order chi connectivity index (χ0) is 14.9. The minimum atomic E-state index is -4.06. The van der Waals surface area contributed by atoms with E-state index in [-0.39, 0.29) is 21.5 Å². The lowest BCUT2D eigenvalue weighted by Gasteiger charge is -2.08. The molecule has 106 valence electrons. The first-order valence-corrected chi connectivity index (χ1v) is 7.71. The molecule has 0 saturated carbocycles. The summed E-state index contributed by atoms with van der Waals surface area (Å²) < 4.78 is 39.6. The van der Waals surface area contributed by atoms with Gasteiger partial charge in [0.05, 0.1) is 5.69 Å². The Morgan fingerprint density at radius 3 is 2.75 bits per heavy atom. The first-order valence-electron chi connectivity index (χ1n) is 5.34. The van der Waals surface area contributed by atoms with Crippen LogP contribution in [0.25, 0.3) is 0 Å². The normalized spacial score (nSPS) is 11.3. The van der Waals surface area contributed by atoms with Crippen molar-refractivity contribution in [1.29, 1.82) is 0 Å². The number of rotatable bonds is 4. The van der Waals surface area contributed by atoms with Crippen LogP contribution in [-0.4, -0.2) is 19.2 Å². The predicted molar refractivity (Wildman–Crippen MR) is 73.7 cm³/mol. The fraction of sp³-hybridized carbons (Fsp3) is 0.0909. The summed E-state index contributed by atoms with van der Waals surface area (Å²) in [6.07, 6.45) is 0. The maximum absolute atomic E-state index is 13.3. The van der Waals surface area contributed by atoms with Crippen LogP contribution >= 0.6 is 11.3 Å². The van der Waals surface area contributed by atoms with Gasteiger partial charge in [-0.25, -0.2) is 17.8 Å². The van der Waals surface area contributed by atoms with E-state index in [1.807, 2.05) is 0 Å². The molecule has 9 heteroatoms. The Kier molecular flexibility index (Phi) is 3.73. The highest BCUT2D eigenvalue weighted by molar-refractivity contribution is 7.93. The van der Waals surface area contributed by atoms with Crippen molar-refractivity contribution in [3.63, 3.8) is 0 Å². The molecule has 1 aromatic heterocycles. The number of para-hydroxylation sites is 1. The number of nitrogen functional groups attached to an aromatic ring is 1. The molecule has 1 aromatic carbocycles. The molecule has 2 aromatic rings. The first-order chi connectivity index (χ1) is 9.31. The minimum absolute atomic E-state index is 0.0128. The first kappa shape index (κ1) is 14.4. The Hall–Kier alpha value is -2.00. The number of nitrogens with zero attached hydrogens (tertiary/aromatic N) is 1. The van der Waals surface area contributed by atoms with E-state index < -0.39 is 21.5 Å². The number of ketones is 1. The van der Waals surface area contributed by atoms with Crippen molar-refractivity contribution in [2.24, 2.45) is 0 Å². The number of hydrogen-bond donors (Lipinski definition) is 2. The predicted octanol–water partition coefficient (Wildman–Crippen LogP) is 1.87. The molecule has 0 aliphatic heterocycles. The SMILES string of the molecule is CC(=O)c1csc(NS(=O)(=O)c2cccc(F)c2N)n1. The Labute approximate surface area is 118 Å². The van der Waals surface area contributed by atoms with Gasteiger partial charge in [0.25, 0.3) is 10.0 Å². The average Bonchev–Trinajstić information content (AvgIpc) is 2.80. The van der Waals surface area contributed by atoms with E-state index in [0.29, 0.717) is 0 Å². The summed E-state index contributed by atoms with van der Waals surface area (Å²) in [5, 5.41) is 1.44. The second-order valence-corrected chi connectivity index (χ2v) is 6.36. The molecule has 2 rings (SSSR count). The van der Waals surface area contributed by atoms with Gasteiger partial charge in [0, 0.05) is 12.3 Å². The molecule has 0 fully saturated rings. The van der Waals surface area contributed by atoms with Crippen molar-refractivity contribution in [1.82, 2.24) is 4.98 Å². The van der Waals surface area contributed by atoms with Gasteiger partial charge in [-0.15, -0.1) is 11.3 Å². The Balaban J connectivity index is 2.35. The molecule has 0 atom stereocenters. The Morgan fingerprint density at radius 2 is 2.15 bits per heavy atom. The van der Waals surface area contributed by atoms with Gasteiger partial charge in [-0.2, -0.15) is 0 Å². The van der Waals surface area contributed by atoms with Crippen LogP contribution in [-0.2, 0) is 10.0 Å². The van der Waals surface area contributed by atoms with E-state index in [4.69, 9.17) is 5.73 Å². The van der Waals surface area contributed by atoms with Crippen LogP contribution in [0, 0.1) is 5.82 Å². The van der Waals surface area contributed by atoms with E-state index in [1.54, 1.807) is 0 Å². The number of benzene rings is 1. The topological polar surface area (TPSA) is 102 Å². The zero-order valence-electron chi connectivity index (χ0n) is 10.3. The number of nitrogens with two attached hydrogens (primary N) is 1. The number of sulfonamides is 1. The molecule has 0 bridgehead atoms. The number of aromatic nitrogens is 1. The van der Waals surface area contributed by atoms with E-state index in [2.05, 4.69) is 9.71 Å². The van der Waals surface area contributed by atoms with Crippen LogP contribution in [0.15, 0.2) is 28.5 Å². The van der Waals surface area contributed by atoms with Crippen molar-refractivity contribution >= 4 is 38.0 Å². The van der Waals surface area contributed by atoms with E-state index in [0.717, 1.165) is 17.4 Å². The molecule has 0 radical (unpaired) electrons. The number of halogens is 1. The summed E-state index contributed by atoms with van der Waals surface area (Å²) in [5.41, 5.74) is 5.09. The second-order valence-electron chi connectivity index (χ2n) is 3.85. The highest BCUT2D eigenvalue weighted by Gasteiger charge is 2.21. The molecule has 0 aliphatic carbocycles. The van der Waals surface area contributed by atoms with E-state index in [1.165, 1.54) is 24.4 Å². The Morgan fingerprint density at radius 1 is 1.45 bits per heavy atom. The smallest absolute Gasteiger partial charge is 0.265 e. The highest BCUT2D eigenvalue weighted by Crippen LogP contribution is 2.25. The molecular formula is C11H10FN3O3S2. The number of nitrogens with one attached hydrogen (secondary N) is 1. The van der Waals surface area contributed by atoms with Crippen LogP contribution in [0.3, 0.4) is 0 Å². The van der Waals surface area contributed by atoms with Crippen LogP contribution in [0.1, 0.15) is 17.4 Å². The number of Topliss-reactive ketones (excluding diaryl/α,β-unsaturated/α-hetero) is 1.